The van der Waals surface area contributed by atoms with E-state index in [0.717, 1.165) is 51.0 Å². The highest BCUT2D eigenvalue weighted by Gasteiger charge is 2.46. The molecule has 0 bridgehead atoms. The number of piperidine rings is 1. The van der Waals surface area contributed by atoms with Gasteiger partial charge in [-0.3, -0.25) is 9.62 Å². The van der Waals surface area contributed by atoms with Crippen LogP contribution in [0.2, 0.25) is 0 Å². The van der Waals surface area contributed by atoms with Gasteiger partial charge >= 0.3 is 6.03 Å². The number of amides is 2. The molecule has 8 nitrogen and oxygen atoms in total. The number of rotatable bonds is 8. The van der Waals surface area contributed by atoms with Crippen molar-refractivity contribution in [3.8, 4) is 11.5 Å². The van der Waals surface area contributed by atoms with Gasteiger partial charge in [-0.05, 0) is 81.1 Å². The van der Waals surface area contributed by atoms with E-state index < -0.39 is 10.0 Å². The third kappa shape index (κ3) is 7.21. The van der Waals surface area contributed by atoms with Gasteiger partial charge in [0.15, 0.2) is 0 Å². The number of benzene rings is 3. The van der Waals surface area contributed by atoms with Gasteiger partial charge in [-0.1, -0.05) is 42.5 Å². The maximum Gasteiger partial charge on any atom is 0.321 e. The zero-order chi connectivity index (χ0) is 29.2. The zero-order valence-electron chi connectivity index (χ0n) is 24.3. The normalized spacial score (nSPS) is 19.0. The first-order valence-corrected chi connectivity index (χ1v) is 16.1. The summed E-state index contributed by atoms with van der Waals surface area (Å²) in [5, 5.41) is 0. The minimum Gasteiger partial charge on any atom is -0.457 e. The van der Waals surface area contributed by atoms with Crippen LogP contribution in [-0.4, -0.2) is 66.6 Å². The number of urea groups is 1. The smallest absolute Gasteiger partial charge is 0.321 e. The predicted molar refractivity (Wildman–Crippen MR) is 163 cm³/mol. The second kappa shape index (κ2) is 11.7. The molecule has 2 amide bonds. The largest absolute Gasteiger partial charge is 0.457 e. The van der Waals surface area contributed by atoms with Gasteiger partial charge in [0.1, 0.15) is 11.5 Å². The van der Waals surface area contributed by atoms with Crippen molar-refractivity contribution in [3.05, 3.63) is 90.0 Å². The lowest BCUT2D eigenvalue weighted by Crippen LogP contribution is -2.49. The van der Waals surface area contributed by atoms with Crippen molar-refractivity contribution in [2.45, 2.75) is 57.8 Å². The molecular formula is C32H40N4O4S. The first kappa shape index (κ1) is 29.0. The van der Waals surface area contributed by atoms with Crippen molar-refractivity contribution < 1.29 is 17.9 Å². The number of hydrogen-bond donors (Lipinski definition) is 1. The van der Waals surface area contributed by atoms with Crippen LogP contribution in [0.1, 0.15) is 50.8 Å². The van der Waals surface area contributed by atoms with Crippen molar-refractivity contribution in [1.82, 2.24) is 14.7 Å². The van der Waals surface area contributed by atoms with Crippen LogP contribution in [0.15, 0.2) is 78.9 Å². The molecule has 0 aromatic heterocycles. The number of anilines is 1. The van der Waals surface area contributed by atoms with Gasteiger partial charge in [-0.2, -0.15) is 0 Å². The Balaban J connectivity index is 1.17. The van der Waals surface area contributed by atoms with E-state index in [-0.39, 0.29) is 23.7 Å². The minimum absolute atomic E-state index is 0.0826. The summed E-state index contributed by atoms with van der Waals surface area (Å²) in [6.45, 7) is 9.81. The van der Waals surface area contributed by atoms with Gasteiger partial charge in [0.25, 0.3) is 0 Å². The number of hydrogen-bond acceptors (Lipinski definition) is 5. The minimum atomic E-state index is -3.31. The summed E-state index contributed by atoms with van der Waals surface area (Å²) in [4.78, 5) is 20.3. The van der Waals surface area contributed by atoms with E-state index in [1.54, 1.807) is 24.3 Å². The van der Waals surface area contributed by atoms with E-state index in [9.17, 15) is 13.2 Å². The Bertz CT molecular complexity index is 1430. The van der Waals surface area contributed by atoms with Crippen molar-refractivity contribution >= 4 is 21.7 Å². The maximum atomic E-state index is 13.6. The molecule has 1 atom stereocenters. The second-order valence-electron chi connectivity index (χ2n) is 12.0. The Labute approximate surface area is 244 Å². The first-order valence-electron chi connectivity index (χ1n) is 14.2. The predicted octanol–water partition coefficient (Wildman–Crippen LogP) is 6.09. The maximum absolute atomic E-state index is 13.6. The summed E-state index contributed by atoms with van der Waals surface area (Å²) in [6.07, 6.45) is 3.04. The molecule has 2 saturated heterocycles. The molecule has 0 aliphatic carbocycles. The molecule has 3 aromatic rings. The standard InChI is InChI=1S/C32H40N4O4S/c1-32(2,3)35-23-30(25-8-6-5-7-9-25)36(31(35)37)27-18-20-34(21-19-27)22-24-10-14-28(15-11-24)40-29-16-12-26(13-17-29)33-41(4,38)39/h5-17,27,30,33H,18-23H2,1-4H3/t30-/m0/s1. The van der Waals surface area contributed by atoms with Crippen molar-refractivity contribution in [1.29, 1.82) is 0 Å². The molecule has 0 radical (unpaired) electrons. The molecule has 0 saturated carbocycles. The van der Waals surface area contributed by atoms with Crippen LogP contribution >= 0.6 is 0 Å². The van der Waals surface area contributed by atoms with E-state index in [0.29, 0.717) is 11.4 Å². The second-order valence-corrected chi connectivity index (χ2v) is 13.8. The van der Waals surface area contributed by atoms with Gasteiger partial charge < -0.3 is 14.5 Å². The highest BCUT2D eigenvalue weighted by molar-refractivity contribution is 7.92. The van der Waals surface area contributed by atoms with Crippen molar-refractivity contribution in [2.24, 2.45) is 0 Å². The third-order valence-corrected chi connectivity index (χ3v) is 8.42. The van der Waals surface area contributed by atoms with Crippen LogP contribution in [0.5, 0.6) is 11.5 Å². The molecule has 0 unspecified atom stereocenters. The zero-order valence-corrected chi connectivity index (χ0v) is 25.1. The van der Waals surface area contributed by atoms with Crippen LogP contribution in [-0.2, 0) is 16.6 Å². The number of sulfonamides is 1. The van der Waals surface area contributed by atoms with E-state index in [4.69, 9.17) is 4.74 Å². The molecule has 2 aliphatic rings. The Morgan fingerprint density at radius 1 is 0.878 bits per heavy atom. The van der Waals surface area contributed by atoms with E-state index in [1.807, 2.05) is 23.1 Å². The Morgan fingerprint density at radius 3 is 2.02 bits per heavy atom. The summed E-state index contributed by atoms with van der Waals surface area (Å²) >= 11 is 0. The summed E-state index contributed by atoms with van der Waals surface area (Å²) in [7, 11) is -3.31. The summed E-state index contributed by atoms with van der Waals surface area (Å²) in [5.41, 5.74) is 2.70. The van der Waals surface area contributed by atoms with Gasteiger partial charge in [0.2, 0.25) is 10.0 Å². The lowest BCUT2D eigenvalue weighted by atomic mass is 9.98. The molecule has 2 aliphatic heterocycles. The van der Waals surface area contributed by atoms with Crippen LogP contribution in [0.4, 0.5) is 10.5 Å². The lowest BCUT2D eigenvalue weighted by molar-refractivity contribution is 0.105. The molecule has 2 fully saturated rings. The Kier molecular flexibility index (Phi) is 8.29. The quantitative estimate of drug-likeness (QED) is 0.351. The third-order valence-electron chi connectivity index (χ3n) is 7.81. The molecular weight excluding hydrogens is 536 g/mol. The lowest BCUT2D eigenvalue weighted by Gasteiger charge is -2.39. The number of likely N-dealkylation sites (tertiary alicyclic amines) is 1. The number of carbonyl (C=O) groups is 1. The Morgan fingerprint density at radius 2 is 1.46 bits per heavy atom. The summed E-state index contributed by atoms with van der Waals surface area (Å²) in [5.74, 6) is 1.35. The highest BCUT2D eigenvalue weighted by atomic mass is 32.2. The highest BCUT2D eigenvalue weighted by Crippen LogP contribution is 2.37. The number of nitrogens with one attached hydrogen (secondary N) is 1. The SMILES string of the molecule is CC(C)(C)N1C[C@@H](c2ccccc2)N(C2CCN(Cc3ccc(Oc4ccc(NS(C)(=O)=O)cc4)cc3)CC2)C1=O. The van der Waals surface area contributed by atoms with Gasteiger partial charge in [0, 0.05) is 43.4 Å². The molecule has 218 valence electrons. The summed E-state index contributed by atoms with van der Waals surface area (Å²) < 4.78 is 31.2. The average Bonchev–Trinajstić information content (AvgIpc) is 3.29. The van der Waals surface area contributed by atoms with Crippen molar-refractivity contribution in [3.63, 3.8) is 0 Å². The van der Waals surface area contributed by atoms with E-state index >= 15 is 0 Å². The Hall–Kier alpha value is -3.56. The number of nitrogens with zero attached hydrogens (tertiary/aromatic N) is 3. The van der Waals surface area contributed by atoms with Gasteiger partial charge in [-0.15, -0.1) is 0 Å². The molecule has 3 aromatic carbocycles. The molecule has 0 spiro atoms. The first-order chi connectivity index (χ1) is 19.5. The van der Waals surface area contributed by atoms with E-state index in [2.05, 4.69) is 71.7 Å². The fourth-order valence-corrected chi connectivity index (χ4v) is 6.31. The number of carbonyl (C=O) groups excluding carboxylic acids is 1. The molecule has 9 heteroatoms. The molecule has 41 heavy (non-hydrogen) atoms. The van der Waals surface area contributed by atoms with Gasteiger partial charge in [0.05, 0.1) is 12.3 Å². The van der Waals surface area contributed by atoms with Gasteiger partial charge in [-0.25, -0.2) is 13.2 Å². The van der Waals surface area contributed by atoms with Crippen molar-refractivity contribution in [2.75, 3.05) is 30.6 Å². The van der Waals surface area contributed by atoms with Crippen LogP contribution in [0.25, 0.3) is 0 Å². The average molecular weight is 577 g/mol. The number of ether oxygens (including phenoxy) is 1. The summed E-state index contributed by atoms with van der Waals surface area (Å²) in [6, 6.07) is 25.8. The fraction of sp³-hybridized carbons (Fsp3) is 0.406. The molecule has 1 N–H and O–H groups in total. The molecule has 2 heterocycles. The van der Waals surface area contributed by atoms with Crippen LogP contribution in [0.3, 0.4) is 0 Å². The monoisotopic (exact) mass is 576 g/mol. The fourth-order valence-electron chi connectivity index (χ4n) is 5.74. The molecule has 5 rings (SSSR count). The van der Waals surface area contributed by atoms with Crippen LogP contribution in [0, 0.1) is 0 Å². The topological polar surface area (TPSA) is 82.2 Å². The van der Waals surface area contributed by atoms with E-state index in [1.165, 1.54) is 11.1 Å². The van der Waals surface area contributed by atoms with Crippen LogP contribution < -0.4 is 9.46 Å².